The number of aromatic nitrogens is 2. The number of carbonyl (C=O) groups is 6. The highest BCUT2D eigenvalue weighted by molar-refractivity contribution is 6.03. The molecule has 2 saturated heterocycles. The predicted octanol–water partition coefficient (Wildman–Crippen LogP) is 7.75. The molecule has 3 aliphatic rings. The van der Waals surface area contributed by atoms with Crippen LogP contribution in [0.5, 0.6) is 0 Å². The fraction of sp³-hybridized carbons (Fsp3) is 0.569. The number of aromatic amines is 2. The van der Waals surface area contributed by atoms with Gasteiger partial charge in [0.1, 0.15) is 11.2 Å². The van der Waals surface area contributed by atoms with Crippen LogP contribution in [0.2, 0.25) is 0 Å². The van der Waals surface area contributed by atoms with E-state index < -0.39 is 29.4 Å². The van der Waals surface area contributed by atoms with Crippen LogP contribution < -0.4 is 31.9 Å². The molecule has 0 aliphatic carbocycles. The lowest BCUT2D eigenvalue weighted by Gasteiger charge is -2.20. The van der Waals surface area contributed by atoms with E-state index in [2.05, 4.69) is 62.6 Å². The van der Waals surface area contributed by atoms with Crippen molar-refractivity contribution < 1.29 is 43.0 Å². The van der Waals surface area contributed by atoms with E-state index >= 15 is 0 Å². The number of methoxy groups -OCH3 is 1. The molecule has 4 atom stereocenters. The maximum atomic E-state index is 14.6. The second-order valence-corrected chi connectivity index (χ2v) is 20.0. The third-order valence-corrected chi connectivity index (χ3v) is 12.6. The average molecular weight is 943 g/mol. The van der Waals surface area contributed by atoms with Crippen LogP contribution in [0.1, 0.15) is 162 Å². The third-order valence-electron chi connectivity index (χ3n) is 12.6. The quantitative estimate of drug-likeness (QED) is 0.0351. The minimum atomic E-state index is -0.651. The van der Waals surface area contributed by atoms with E-state index in [1.54, 1.807) is 48.5 Å². The van der Waals surface area contributed by atoms with Crippen LogP contribution in [-0.2, 0) is 23.8 Å². The molecule has 372 valence electrons. The molecule has 17 heteroatoms. The van der Waals surface area contributed by atoms with Crippen LogP contribution in [-0.4, -0.2) is 90.2 Å². The van der Waals surface area contributed by atoms with Crippen LogP contribution >= 0.6 is 0 Å². The van der Waals surface area contributed by atoms with E-state index in [9.17, 15) is 28.8 Å². The van der Waals surface area contributed by atoms with Crippen LogP contribution in [0.15, 0.2) is 22.8 Å². The Balaban J connectivity index is 1.60. The van der Waals surface area contributed by atoms with Crippen molar-refractivity contribution >= 4 is 59.6 Å². The van der Waals surface area contributed by atoms with Gasteiger partial charge in [0, 0.05) is 102 Å². The minimum Gasteiger partial charge on any atom is -0.469 e. The molecule has 4 amide bonds. The van der Waals surface area contributed by atoms with Gasteiger partial charge >= 0.3 is 18.2 Å². The van der Waals surface area contributed by atoms with Crippen LogP contribution in [0, 0.1) is 37.5 Å². The first-order valence-corrected chi connectivity index (χ1v) is 23.9. The van der Waals surface area contributed by atoms with Gasteiger partial charge in [-0.1, -0.05) is 20.8 Å². The Bertz CT molecular complexity index is 2390. The number of hydrogen-bond acceptors (Lipinski definition) is 11. The maximum Gasteiger partial charge on any atom is 0.407 e. The number of amides is 4. The number of fused-ring (bicyclic) bond motifs is 8. The molecule has 17 nitrogen and oxygen atoms in total. The number of rotatable bonds is 16. The van der Waals surface area contributed by atoms with Crippen molar-refractivity contribution in [3.05, 3.63) is 67.8 Å². The number of ether oxygens (including phenoxy) is 3. The molecule has 3 aliphatic heterocycles. The Hall–Kier alpha value is -6.26. The predicted molar refractivity (Wildman–Crippen MR) is 263 cm³/mol. The molecule has 0 aromatic carbocycles. The van der Waals surface area contributed by atoms with E-state index in [0.29, 0.717) is 77.4 Å². The first kappa shape index (κ1) is 52.7. The summed E-state index contributed by atoms with van der Waals surface area (Å²) in [6.07, 6.45) is 7.00. The molecule has 2 fully saturated rings. The molecule has 0 unspecified atom stereocenters. The van der Waals surface area contributed by atoms with Crippen molar-refractivity contribution in [1.29, 1.82) is 0 Å². The minimum absolute atomic E-state index is 0.0699. The van der Waals surface area contributed by atoms with Crippen molar-refractivity contribution in [2.24, 2.45) is 23.7 Å². The molecule has 0 spiro atoms. The number of alkyl carbamates (subject to hydrolysis) is 2. The number of Topliss-reactive ketones (excluding diaryl/α,β-unsaturated/α-hetero) is 1. The fourth-order valence-electron chi connectivity index (χ4n) is 9.13. The SMILES string of the molecule is CC[C@H]1C2=Cc3[nH]c(c(C(=O)NCCCNC(=O)OC(C)(C)C)c3C)C(CC(=O)OC)=C3NC(=Cc4[nH]c(c(C(C)=O)c4C)C=C(N2)[C@@H]1C)[C@@H](C)[C@@H]3CCC(=O)NCCCNC(=O)OC(C)(C)C. The summed E-state index contributed by atoms with van der Waals surface area (Å²) in [7, 11) is 1.32. The van der Waals surface area contributed by atoms with E-state index in [1.807, 2.05) is 32.1 Å². The van der Waals surface area contributed by atoms with Crippen molar-refractivity contribution in [1.82, 2.24) is 41.9 Å². The van der Waals surface area contributed by atoms with Crippen LogP contribution in [0.25, 0.3) is 23.8 Å². The van der Waals surface area contributed by atoms with Crippen molar-refractivity contribution in [2.45, 2.75) is 133 Å². The molecule has 0 radical (unpaired) electrons. The van der Waals surface area contributed by atoms with Gasteiger partial charge in [0.25, 0.3) is 5.91 Å². The lowest BCUT2D eigenvalue weighted by molar-refractivity contribution is -0.139. The highest BCUT2D eigenvalue weighted by Gasteiger charge is 2.39. The molecule has 8 N–H and O–H groups in total. The zero-order valence-electron chi connectivity index (χ0n) is 42.3. The number of nitrogens with one attached hydrogen (secondary N) is 8. The highest BCUT2D eigenvalue weighted by atomic mass is 16.6. The van der Waals surface area contributed by atoms with Crippen molar-refractivity contribution in [3.63, 3.8) is 0 Å². The standard InChI is InChI=1S/C51H74N8O9/c1-14-32-27(2)35-26-40-43(31(6)60)29(4)37(57-40)24-36-28(3)33(17-18-41(61)52-19-15-21-54-48(64)67-50(7,8)9)45(58-36)34(23-42(62)66-13)46-44(30(5)38(59-46)25-39(32)56-35)47(63)53-20-16-22-55-49(65)68-51(10,11)12/h24-28,32-33,56-59H,14-23H2,1-13H3,(H,52,61)(H,53,63)(H,54,64)(H,55,65)/t27-,28+,32-,33+/m1/s1. The zero-order chi connectivity index (χ0) is 50.2. The molecular formula is C51H74N8O9. The van der Waals surface area contributed by atoms with Gasteiger partial charge in [-0.3, -0.25) is 19.2 Å². The first-order chi connectivity index (χ1) is 31.9. The number of allylic oxidation sites excluding steroid dienone is 4. The second kappa shape index (κ2) is 22.2. The van der Waals surface area contributed by atoms with Crippen LogP contribution in [0.4, 0.5) is 9.59 Å². The van der Waals surface area contributed by atoms with Gasteiger partial charge in [0.05, 0.1) is 30.5 Å². The molecule has 2 aromatic rings. The smallest absolute Gasteiger partial charge is 0.407 e. The van der Waals surface area contributed by atoms with E-state index in [1.165, 1.54) is 7.11 Å². The summed E-state index contributed by atoms with van der Waals surface area (Å²) in [5, 5.41) is 18.8. The molecule has 8 bridgehead atoms. The summed E-state index contributed by atoms with van der Waals surface area (Å²) in [6, 6.07) is 0. The van der Waals surface area contributed by atoms with Gasteiger partial charge in [-0.05, 0) is 117 Å². The molecule has 68 heavy (non-hydrogen) atoms. The normalized spacial score (nSPS) is 18.9. The number of carbonyl (C=O) groups excluding carboxylic acids is 6. The molecule has 2 aromatic heterocycles. The maximum absolute atomic E-state index is 14.6. The van der Waals surface area contributed by atoms with Crippen molar-refractivity contribution in [3.8, 4) is 0 Å². The Morgan fingerprint density at radius 1 is 0.662 bits per heavy atom. The molecule has 5 heterocycles. The van der Waals surface area contributed by atoms with E-state index in [-0.39, 0.29) is 67.2 Å². The first-order valence-electron chi connectivity index (χ1n) is 23.9. The van der Waals surface area contributed by atoms with E-state index in [0.717, 1.165) is 34.8 Å². The Morgan fingerprint density at radius 2 is 1.18 bits per heavy atom. The summed E-state index contributed by atoms with van der Waals surface area (Å²) in [4.78, 5) is 86.4. The van der Waals surface area contributed by atoms with Gasteiger partial charge < -0.3 is 56.1 Å². The monoisotopic (exact) mass is 943 g/mol. The number of esters is 1. The third kappa shape index (κ3) is 13.2. The Labute approximate surface area is 400 Å². The van der Waals surface area contributed by atoms with Gasteiger partial charge in [-0.15, -0.1) is 0 Å². The summed E-state index contributed by atoms with van der Waals surface area (Å²) in [5.74, 6) is -1.57. The summed E-state index contributed by atoms with van der Waals surface area (Å²) >= 11 is 0. The average Bonchev–Trinajstić information content (AvgIpc) is 3.93. The second-order valence-electron chi connectivity index (χ2n) is 20.0. The topological polar surface area (TPSA) is 234 Å². The Kier molecular flexibility index (Phi) is 17.2. The summed E-state index contributed by atoms with van der Waals surface area (Å²) in [5.41, 5.74) is 7.49. The largest absolute Gasteiger partial charge is 0.469 e. The number of H-pyrrole nitrogens is 2. The van der Waals surface area contributed by atoms with Gasteiger partial charge in [0.2, 0.25) is 5.91 Å². The zero-order valence-corrected chi connectivity index (χ0v) is 42.3. The molecule has 5 rings (SSSR count). The fourth-order valence-corrected chi connectivity index (χ4v) is 9.13. The number of hydrogen-bond donors (Lipinski definition) is 8. The lowest BCUT2D eigenvalue weighted by Crippen LogP contribution is -2.34. The number of ketones is 1. The van der Waals surface area contributed by atoms with Gasteiger partial charge in [-0.2, -0.15) is 0 Å². The van der Waals surface area contributed by atoms with Gasteiger partial charge in [-0.25, -0.2) is 9.59 Å². The molecular weight excluding hydrogens is 869 g/mol. The van der Waals surface area contributed by atoms with Crippen molar-refractivity contribution in [2.75, 3.05) is 33.3 Å². The van der Waals surface area contributed by atoms with Gasteiger partial charge in [0.15, 0.2) is 5.78 Å². The summed E-state index contributed by atoms with van der Waals surface area (Å²) in [6.45, 7) is 23.6. The molecule has 0 saturated carbocycles. The van der Waals surface area contributed by atoms with E-state index in [4.69, 9.17) is 14.2 Å². The highest BCUT2D eigenvalue weighted by Crippen LogP contribution is 2.44. The van der Waals surface area contributed by atoms with Crippen LogP contribution in [0.3, 0.4) is 0 Å². The Morgan fingerprint density at radius 3 is 1.75 bits per heavy atom. The lowest BCUT2D eigenvalue weighted by atomic mass is 9.85. The summed E-state index contributed by atoms with van der Waals surface area (Å²) < 4.78 is 16.0.